The quantitative estimate of drug-likeness (QED) is 0.310. The summed E-state index contributed by atoms with van der Waals surface area (Å²) < 4.78 is 2.04. The van der Waals surface area contributed by atoms with E-state index in [1.165, 1.54) is 11.8 Å². The average molecular weight is 332 g/mol. The lowest BCUT2D eigenvalue weighted by Crippen LogP contribution is -3.00. The Bertz CT molecular complexity index is 492. The van der Waals surface area contributed by atoms with Gasteiger partial charge in [0.2, 0.25) is 0 Å². The first kappa shape index (κ1) is 12.4. The molecular weight excluding hydrogens is 321 g/mol. The number of amidine groups is 1. The molecule has 0 radical (unpaired) electrons. The number of para-hydroxylation sites is 1. The fourth-order valence-corrected chi connectivity index (χ4v) is 2.23. The van der Waals surface area contributed by atoms with Crippen molar-refractivity contribution < 1.29 is 24.0 Å². The van der Waals surface area contributed by atoms with Crippen molar-refractivity contribution in [2.45, 2.75) is 4.90 Å². The van der Waals surface area contributed by atoms with Crippen LogP contribution in [0.2, 0.25) is 0 Å². The maximum Gasteiger partial charge on any atom is 0.156 e. The van der Waals surface area contributed by atoms with Crippen molar-refractivity contribution >= 4 is 27.8 Å². The van der Waals surface area contributed by atoms with Crippen LogP contribution < -0.4 is 29.7 Å². The minimum absolute atomic E-state index is 0. The molecule has 5 heteroatoms. The molecular formula is C10H11IN3S-. The van der Waals surface area contributed by atoms with Gasteiger partial charge in [-0.3, -0.25) is 5.41 Å². The second-order valence-electron chi connectivity index (χ2n) is 3.09. The molecule has 0 fully saturated rings. The Morgan fingerprint density at radius 3 is 2.73 bits per heavy atom. The summed E-state index contributed by atoms with van der Waals surface area (Å²) in [7, 11) is 1.99. The fourth-order valence-electron chi connectivity index (χ4n) is 1.50. The number of nitrogens with two attached hydrogens (primary N) is 1. The molecule has 0 saturated carbocycles. The van der Waals surface area contributed by atoms with E-state index in [2.05, 4.69) is 6.07 Å². The second-order valence-corrected chi connectivity index (χ2v) is 4.17. The van der Waals surface area contributed by atoms with Gasteiger partial charge in [0.15, 0.2) is 5.17 Å². The van der Waals surface area contributed by atoms with Crippen LogP contribution in [0.15, 0.2) is 35.4 Å². The number of aromatic nitrogens is 1. The van der Waals surface area contributed by atoms with Crippen LogP contribution in [0.5, 0.6) is 0 Å². The molecule has 0 aliphatic heterocycles. The largest absolute Gasteiger partial charge is 1.00 e. The van der Waals surface area contributed by atoms with Crippen LogP contribution in [0.1, 0.15) is 0 Å². The topological polar surface area (TPSA) is 54.8 Å². The molecule has 0 amide bonds. The zero-order valence-electron chi connectivity index (χ0n) is 8.20. The number of rotatable bonds is 1. The van der Waals surface area contributed by atoms with Crippen molar-refractivity contribution in [2.24, 2.45) is 12.8 Å². The summed E-state index contributed by atoms with van der Waals surface area (Å²) in [5.41, 5.74) is 6.52. The summed E-state index contributed by atoms with van der Waals surface area (Å²) in [4.78, 5) is 1.04. The number of hydrogen-bond donors (Lipinski definition) is 2. The van der Waals surface area contributed by atoms with E-state index < -0.39 is 0 Å². The van der Waals surface area contributed by atoms with Gasteiger partial charge >= 0.3 is 0 Å². The molecule has 1 heterocycles. The molecule has 80 valence electrons. The third-order valence-electron chi connectivity index (χ3n) is 2.08. The molecule has 3 N–H and O–H groups in total. The van der Waals surface area contributed by atoms with Crippen LogP contribution in [0.25, 0.3) is 10.9 Å². The highest BCUT2D eigenvalue weighted by molar-refractivity contribution is 8.13. The summed E-state index contributed by atoms with van der Waals surface area (Å²) in [6, 6.07) is 8.09. The number of halogens is 1. The van der Waals surface area contributed by atoms with E-state index in [4.69, 9.17) is 11.1 Å². The number of thioether (sulfide) groups is 1. The second kappa shape index (κ2) is 4.89. The summed E-state index contributed by atoms with van der Waals surface area (Å²) in [6.45, 7) is 0. The van der Waals surface area contributed by atoms with E-state index in [1.54, 1.807) is 0 Å². The van der Waals surface area contributed by atoms with Crippen LogP contribution in [0, 0.1) is 5.41 Å². The van der Waals surface area contributed by atoms with Crippen molar-refractivity contribution in [3.8, 4) is 0 Å². The Balaban J connectivity index is 0.00000112. The zero-order valence-corrected chi connectivity index (χ0v) is 11.2. The lowest BCUT2D eigenvalue weighted by molar-refractivity contribution is -0.00000314. The van der Waals surface area contributed by atoms with Crippen molar-refractivity contribution in [3.63, 3.8) is 0 Å². The standard InChI is InChI=1S/C10H11N3S.HI/c1-13-6-9(14-10(11)12)7-4-2-3-5-8(7)13;/h2-6H,1H3,(H3,11,12);1H/p-1. The Morgan fingerprint density at radius 2 is 2.07 bits per heavy atom. The Hall–Kier alpha value is -0.690. The predicted molar refractivity (Wildman–Crippen MR) is 60.7 cm³/mol. The average Bonchev–Trinajstić information content (AvgIpc) is 2.44. The number of aryl methyl sites for hydroxylation is 1. The molecule has 0 atom stereocenters. The molecule has 0 aliphatic carbocycles. The molecule has 0 aliphatic rings. The van der Waals surface area contributed by atoms with Crippen molar-refractivity contribution in [1.29, 1.82) is 5.41 Å². The van der Waals surface area contributed by atoms with Crippen LogP contribution >= 0.6 is 11.8 Å². The number of hydrogen-bond acceptors (Lipinski definition) is 2. The van der Waals surface area contributed by atoms with Crippen molar-refractivity contribution in [2.75, 3.05) is 0 Å². The molecule has 2 aromatic rings. The number of nitrogens with one attached hydrogen (secondary N) is 1. The number of nitrogens with zero attached hydrogens (tertiary/aromatic N) is 1. The van der Waals surface area contributed by atoms with Crippen molar-refractivity contribution in [3.05, 3.63) is 30.5 Å². The Morgan fingerprint density at radius 1 is 1.40 bits per heavy atom. The molecule has 1 aromatic carbocycles. The minimum atomic E-state index is 0. The fraction of sp³-hybridized carbons (Fsp3) is 0.100. The highest BCUT2D eigenvalue weighted by Gasteiger charge is 2.06. The molecule has 0 saturated heterocycles. The van der Waals surface area contributed by atoms with Gasteiger partial charge in [-0.25, -0.2) is 0 Å². The highest BCUT2D eigenvalue weighted by atomic mass is 127. The smallest absolute Gasteiger partial charge is 0.156 e. The van der Waals surface area contributed by atoms with Gasteiger partial charge in [-0.15, -0.1) is 0 Å². The van der Waals surface area contributed by atoms with Gasteiger partial charge in [-0.05, 0) is 6.07 Å². The lowest BCUT2D eigenvalue weighted by Gasteiger charge is -1.95. The third kappa shape index (κ3) is 2.46. The zero-order chi connectivity index (χ0) is 10.1. The predicted octanol–water partition coefficient (Wildman–Crippen LogP) is -0.832. The molecule has 15 heavy (non-hydrogen) atoms. The van der Waals surface area contributed by atoms with Gasteiger partial charge in [0, 0.05) is 29.0 Å². The summed E-state index contributed by atoms with van der Waals surface area (Å²) in [6.07, 6.45) is 2.00. The third-order valence-corrected chi connectivity index (χ3v) is 2.85. The van der Waals surface area contributed by atoms with Crippen LogP contribution in [0.4, 0.5) is 0 Å². The van der Waals surface area contributed by atoms with E-state index in [1.807, 2.05) is 36.0 Å². The number of benzene rings is 1. The van der Waals surface area contributed by atoms with Gasteiger partial charge in [0.1, 0.15) is 0 Å². The van der Waals surface area contributed by atoms with E-state index in [9.17, 15) is 0 Å². The Labute approximate surface area is 110 Å². The maximum atomic E-state index is 7.25. The van der Waals surface area contributed by atoms with E-state index in [0.29, 0.717) is 0 Å². The minimum Gasteiger partial charge on any atom is -1.00 e. The summed E-state index contributed by atoms with van der Waals surface area (Å²) in [5.74, 6) is 0. The first-order valence-corrected chi connectivity index (χ1v) is 5.06. The molecule has 0 spiro atoms. The highest BCUT2D eigenvalue weighted by Crippen LogP contribution is 2.28. The van der Waals surface area contributed by atoms with Gasteiger partial charge in [0.05, 0.1) is 0 Å². The lowest BCUT2D eigenvalue weighted by atomic mass is 10.2. The van der Waals surface area contributed by atoms with Gasteiger partial charge in [-0.1, -0.05) is 30.0 Å². The normalized spacial score (nSPS) is 9.93. The monoisotopic (exact) mass is 332 g/mol. The van der Waals surface area contributed by atoms with Crippen LogP contribution in [-0.4, -0.2) is 9.73 Å². The van der Waals surface area contributed by atoms with E-state index in [-0.39, 0.29) is 29.1 Å². The first-order chi connectivity index (χ1) is 6.68. The molecule has 2 rings (SSSR count). The molecule has 0 bridgehead atoms. The van der Waals surface area contributed by atoms with Crippen LogP contribution in [0.3, 0.4) is 0 Å². The summed E-state index contributed by atoms with van der Waals surface area (Å²) >= 11 is 1.29. The van der Waals surface area contributed by atoms with Crippen LogP contribution in [-0.2, 0) is 7.05 Å². The molecule has 3 nitrogen and oxygen atoms in total. The number of fused-ring (bicyclic) bond motifs is 1. The van der Waals surface area contributed by atoms with E-state index in [0.717, 1.165) is 15.8 Å². The van der Waals surface area contributed by atoms with E-state index >= 15 is 0 Å². The summed E-state index contributed by atoms with van der Waals surface area (Å²) in [5, 5.41) is 8.52. The van der Waals surface area contributed by atoms with Crippen molar-refractivity contribution in [1.82, 2.24) is 4.57 Å². The van der Waals surface area contributed by atoms with Gasteiger partial charge in [-0.2, -0.15) is 0 Å². The first-order valence-electron chi connectivity index (χ1n) is 4.24. The molecule has 1 aromatic heterocycles. The Kier molecular flexibility index (Phi) is 4.04. The SMILES string of the molecule is Cn1cc(SC(=N)N)c2ccccc21.[I-]. The maximum absolute atomic E-state index is 7.25. The molecule has 0 unspecified atom stereocenters. The van der Waals surface area contributed by atoms with Gasteiger partial charge in [0.25, 0.3) is 0 Å². The van der Waals surface area contributed by atoms with Gasteiger partial charge < -0.3 is 34.3 Å².